The van der Waals surface area contributed by atoms with Crippen molar-refractivity contribution in [1.82, 2.24) is 0 Å². The van der Waals surface area contributed by atoms with Gasteiger partial charge in [-0.3, -0.25) is 0 Å². The van der Waals surface area contributed by atoms with Gasteiger partial charge in [0.25, 0.3) is 0 Å². The molecule has 1 rings (SSSR count). The van der Waals surface area contributed by atoms with E-state index in [0.29, 0.717) is 5.92 Å². The summed E-state index contributed by atoms with van der Waals surface area (Å²) in [5.41, 5.74) is -0.925. The molecule has 1 unspecified atom stereocenters. The molecular weight excluding hydrogens is 229 g/mol. The van der Waals surface area contributed by atoms with Gasteiger partial charge in [0, 0.05) is 6.42 Å². The highest BCUT2D eigenvalue weighted by Crippen LogP contribution is 2.38. The average Bonchev–Trinajstić information content (AvgIpc) is 2.15. The minimum Gasteiger partial charge on any atom is -0.390 e. The molecule has 17 heavy (non-hydrogen) atoms. The van der Waals surface area contributed by atoms with E-state index in [1.54, 1.807) is 6.92 Å². The second kappa shape index (κ2) is 5.59. The van der Waals surface area contributed by atoms with E-state index in [2.05, 4.69) is 6.92 Å². The monoisotopic (exact) mass is 252 g/mol. The maximum Gasteiger partial charge on any atom is 0.389 e. The Morgan fingerprint density at radius 2 is 1.59 bits per heavy atom. The second-order valence-electron chi connectivity index (χ2n) is 5.78. The molecule has 1 aliphatic rings. The minimum absolute atomic E-state index is 0.0303. The Labute approximate surface area is 101 Å². The Kier molecular flexibility index (Phi) is 4.87. The highest BCUT2D eigenvalue weighted by Gasteiger charge is 2.35. The summed E-state index contributed by atoms with van der Waals surface area (Å²) in [6.45, 7) is 3.89. The van der Waals surface area contributed by atoms with Crippen LogP contribution in [0.15, 0.2) is 0 Å². The van der Waals surface area contributed by atoms with Gasteiger partial charge in [-0.15, -0.1) is 0 Å². The van der Waals surface area contributed by atoms with Gasteiger partial charge >= 0.3 is 6.18 Å². The molecule has 0 heterocycles. The van der Waals surface area contributed by atoms with Gasteiger partial charge < -0.3 is 5.11 Å². The van der Waals surface area contributed by atoms with Crippen LogP contribution in [0.5, 0.6) is 0 Å². The molecule has 1 aliphatic carbocycles. The van der Waals surface area contributed by atoms with Crippen molar-refractivity contribution in [3.63, 3.8) is 0 Å². The molecule has 0 amide bonds. The van der Waals surface area contributed by atoms with Gasteiger partial charge in [-0.05, 0) is 44.4 Å². The smallest absolute Gasteiger partial charge is 0.389 e. The predicted molar refractivity (Wildman–Crippen MR) is 61.7 cm³/mol. The second-order valence-corrected chi connectivity index (χ2v) is 5.78. The van der Waals surface area contributed by atoms with E-state index < -0.39 is 18.2 Å². The molecule has 102 valence electrons. The summed E-state index contributed by atoms with van der Waals surface area (Å²) in [5, 5.41) is 10.3. The Bertz CT molecular complexity index is 227. The van der Waals surface area contributed by atoms with Gasteiger partial charge in [0.15, 0.2) is 0 Å². The van der Waals surface area contributed by atoms with Crippen molar-refractivity contribution in [2.45, 2.75) is 70.6 Å². The summed E-state index contributed by atoms with van der Waals surface area (Å²) in [6.07, 6.45) is -0.544. The molecule has 0 aromatic carbocycles. The molecule has 0 saturated heterocycles. The molecule has 0 aliphatic heterocycles. The van der Waals surface area contributed by atoms with Crippen molar-refractivity contribution in [2.75, 3.05) is 0 Å². The van der Waals surface area contributed by atoms with Crippen molar-refractivity contribution in [3.05, 3.63) is 0 Å². The zero-order valence-electron chi connectivity index (χ0n) is 10.7. The number of aliphatic hydroxyl groups is 1. The van der Waals surface area contributed by atoms with Crippen LogP contribution in [0.25, 0.3) is 0 Å². The summed E-state index contributed by atoms with van der Waals surface area (Å²) in [6, 6.07) is 0. The van der Waals surface area contributed by atoms with Gasteiger partial charge in [0.2, 0.25) is 0 Å². The molecule has 0 spiro atoms. The fourth-order valence-corrected chi connectivity index (χ4v) is 2.73. The fraction of sp³-hybridized carbons (Fsp3) is 1.00. The molecule has 0 aromatic heterocycles. The molecule has 1 N–H and O–H groups in total. The quantitative estimate of drug-likeness (QED) is 0.791. The average molecular weight is 252 g/mol. The molecule has 1 fully saturated rings. The molecule has 0 aromatic rings. The Morgan fingerprint density at radius 1 is 1.06 bits per heavy atom. The summed E-state index contributed by atoms with van der Waals surface area (Å²) in [5.74, 6) is 0.865. The predicted octanol–water partition coefficient (Wildman–Crippen LogP) is 4.30. The van der Waals surface area contributed by atoms with Crippen LogP contribution in [0.2, 0.25) is 0 Å². The highest BCUT2D eigenvalue weighted by molar-refractivity contribution is 4.85. The van der Waals surface area contributed by atoms with Crippen molar-refractivity contribution >= 4 is 0 Å². The molecule has 1 atom stereocenters. The van der Waals surface area contributed by atoms with Gasteiger partial charge in [0.1, 0.15) is 0 Å². The maximum atomic E-state index is 12.0. The first-order valence-corrected chi connectivity index (χ1v) is 6.50. The van der Waals surface area contributed by atoms with E-state index in [9.17, 15) is 18.3 Å². The topological polar surface area (TPSA) is 20.2 Å². The van der Waals surface area contributed by atoms with Crippen LogP contribution >= 0.6 is 0 Å². The Hall–Kier alpha value is -0.250. The Morgan fingerprint density at radius 3 is 2.06 bits per heavy atom. The first-order chi connectivity index (χ1) is 7.71. The number of rotatable bonds is 4. The van der Waals surface area contributed by atoms with Crippen molar-refractivity contribution in [3.8, 4) is 0 Å². The van der Waals surface area contributed by atoms with Crippen molar-refractivity contribution in [2.24, 2.45) is 11.8 Å². The van der Waals surface area contributed by atoms with Crippen LogP contribution in [-0.4, -0.2) is 16.9 Å². The normalized spacial score (nSPS) is 30.0. The zero-order valence-corrected chi connectivity index (χ0v) is 10.7. The largest absolute Gasteiger partial charge is 0.390 e. The first kappa shape index (κ1) is 14.8. The van der Waals surface area contributed by atoms with Crippen LogP contribution in [0, 0.1) is 11.8 Å². The summed E-state index contributed by atoms with van der Waals surface area (Å²) >= 11 is 0. The minimum atomic E-state index is -4.10. The third-order valence-electron chi connectivity index (χ3n) is 4.04. The standard InChI is InChI=1S/C13H23F3O/c1-10-4-6-11(7-5-10)12(2,17)8-3-9-13(14,15)16/h10-11,17H,3-9H2,1-2H3. The molecule has 1 saturated carbocycles. The number of hydrogen-bond acceptors (Lipinski definition) is 1. The van der Waals surface area contributed by atoms with Crippen LogP contribution in [-0.2, 0) is 0 Å². The van der Waals surface area contributed by atoms with Crippen molar-refractivity contribution < 1.29 is 18.3 Å². The summed E-state index contributed by atoms with van der Waals surface area (Å²) in [7, 11) is 0. The van der Waals surface area contributed by atoms with Crippen LogP contribution in [0.3, 0.4) is 0 Å². The lowest BCUT2D eigenvalue weighted by Crippen LogP contribution is -2.37. The Balaban J connectivity index is 2.35. The maximum absolute atomic E-state index is 12.0. The third-order valence-corrected chi connectivity index (χ3v) is 4.04. The van der Waals surface area contributed by atoms with Crippen molar-refractivity contribution in [1.29, 1.82) is 0 Å². The number of hydrogen-bond donors (Lipinski definition) is 1. The van der Waals surface area contributed by atoms with Gasteiger partial charge in [-0.1, -0.05) is 19.8 Å². The molecule has 4 heteroatoms. The van der Waals surface area contributed by atoms with Gasteiger partial charge in [-0.25, -0.2) is 0 Å². The number of alkyl halides is 3. The van der Waals surface area contributed by atoms with E-state index in [-0.39, 0.29) is 18.8 Å². The van der Waals surface area contributed by atoms with Crippen LogP contribution < -0.4 is 0 Å². The zero-order chi connectivity index (χ0) is 13.1. The SMILES string of the molecule is CC1CCC(C(C)(O)CCCC(F)(F)F)CC1. The van der Waals surface area contributed by atoms with Gasteiger partial charge in [0.05, 0.1) is 5.60 Å². The summed E-state index contributed by atoms with van der Waals surface area (Å²) in [4.78, 5) is 0. The summed E-state index contributed by atoms with van der Waals surface area (Å²) < 4.78 is 36.1. The van der Waals surface area contributed by atoms with E-state index >= 15 is 0 Å². The van der Waals surface area contributed by atoms with E-state index in [1.807, 2.05) is 0 Å². The number of halogens is 3. The highest BCUT2D eigenvalue weighted by atomic mass is 19.4. The van der Waals surface area contributed by atoms with Crippen LogP contribution in [0.4, 0.5) is 13.2 Å². The molecule has 0 bridgehead atoms. The lowest BCUT2D eigenvalue weighted by molar-refractivity contribution is -0.139. The lowest BCUT2D eigenvalue weighted by Gasteiger charge is -2.37. The fourth-order valence-electron chi connectivity index (χ4n) is 2.73. The van der Waals surface area contributed by atoms with E-state index in [1.165, 1.54) is 0 Å². The molecular formula is C13H23F3O. The van der Waals surface area contributed by atoms with E-state index in [4.69, 9.17) is 0 Å². The van der Waals surface area contributed by atoms with Crippen LogP contribution in [0.1, 0.15) is 58.8 Å². The molecule has 1 nitrogen and oxygen atoms in total. The first-order valence-electron chi connectivity index (χ1n) is 6.50. The lowest BCUT2D eigenvalue weighted by atomic mass is 9.73. The van der Waals surface area contributed by atoms with E-state index in [0.717, 1.165) is 25.7 Å². The third kappa shape index (κ3) is 5.28. The van der Waals surface area contributed by atoms with Gasteiger partial charge in [-0.2, -0.15) is 13.2 Å². The molecule has 0 radical (unpaired) electrons.